The Labute approximate surface area is 112 Å². The highest BCUT2D eigenvalue weighted by molar-refractivity contribution is 5.75. The minimum atomic E-state index is 0.781. The van der Waals surface area contributed by atoms with E-state index >= 15 is 0 Å². The number of anilines is 1. The molecule has 0 aliphatic heterocycles. The van der Waals surface area contributed by atoms with Crippen molar-refractivity contribution in [3.8, 4) is 0 Å². The predicted molar refractivity (Wildman–Crippen MR) is 77.4 cm³/mol. The first-order valence-electron chi connectivity index (χ1n) is 6.47. The summed E-state index contributed by atoms with van der Waals surface area (Å²) in [6, 6.07) is 16.2. The second kappa shape index (κ2) is 5.14. The number of nitrogens with one attached hydrogen (secondary N) is 1. The number of fused-ring (bicyclic) bond motifs is 1. The second-order valence-electron chi connectivity index (χ2n) is 4.57. The second-order valence-corrected chi connectivity index (χ2v) is 4.57. The van der Waals surface area contributed by atoms with E-state index < -0.39 is 0 Å². The van der Waals surface area contributed by atoms with Gasteiger partial charge in [0.05, 0.1) is 0 Å². The Balaban J connectivity index is 1.67. The molecule has 0 unspecified atom stereocenters. The molecule has 0 aliphatic rings. The first-order chi connectivity index (χ1) is 9.33. The molecule has 1 N–H and O–H groups in total. The van der Waals surface area contributed by atoms with Crippen molar-refractivity contribution in [1.82, 2.24) is 4.98 Å². The van der Waals surface area contributed by atoms with Crippen LogP contribution in [0.1, 0.15) is 11.5 Å². The number of oxazole rings is 1. The summed E-state index contributed by atoms with van der Waals surface area (Å²) >= 11 is 0. The molecule has 0 bridgehead atoms. The third kappa shape index (κ3) is 2.60. The van der Waals surface area contributed by atoms with Gasteiger partial charge in [-0.25, -0.2) is 4.98 Å². The van der Waals surface area contributed by atoms with Gasteiger partial charge in [-0.3, -0.25) is 0 Å². The fourth-order valence-corrected chi connectivity index (χ4v) is 2.11. The van der Waals surface area contributed by atoms with Crippen molar-refractivity contribution in [2.24, 2.45) is 0 Å². The van der Waals surface area contributed by atoms with Crippen LogP contribution in [0.4, 0.5) is 5.69 Å². The van der Waals surface area contributed by atoms with Crippen LogP contribution in [0.15, 0.2) is 52.9 Å². The molecule has 0 fully saturated rings. The van der Waals surface area contributed by atoms with Crippen LogP contribution in [0.25, 0.3) is 11.1 Å². The van der Waals surface area contributed by atoms with Crippen molar-refractivity contribution < 1.29 is 4.42 Å². The molecule has 0 saturated carbocycles. The number of nitrogens with zero attached hydrogens (tertiary/aromatic N) is 1. The summed E-state index contributed by atoms with van der Waals surface area (Å²) in [4.78, 5) is 4.50. The lowest BCUT2D eigenvalue weighted by Crippen LogP contribution is -2.04. The number of para-hydroxylation sites is 2. The van der Waals surface area contributed by atoms with Gasteiger partial charge in [0, 0.05) is 18.7 Å². The molecule has 3 heteroatoms. The van der Waals surface area contributed by atoms with Crippen molar-refractivity contribution in [2.45, 2.75) is 13.3 Å². The maximum absolute atomic E-state index is 5.79. The van der Waals surface area contributed by atoms with E-state index in [1.165, 1.54) is 0 Å². The topological polar surface area (TPSA) is 38.1 Å². The van der Waals surface area contributed by atoms with E-state index in [2.05, 4.69) is 22.4 Å². The Hall–Kier alpha value is -2.29. The average molecular weight is 252 g/mol. The first kappa shape index (κ1) is 11.8. The zero-order valence-corrected chi connectivity index (χ0v) is 10.9. The summed E-state index contributed by atoms with van der Waals surface area (Å²) in [5, 5.41) is 3.35. The molecule has 3 aromatic rings. The lowest BCUT2D eigenvalue weighted by atomic mass is 10.2. The molecular weight excluding hydrogens is 236 g/mol. The standard InChI is InChI=1S/C16H16N2O/c1-12-6-5-9-14-16(12)19-15(18-14)10-11-17-13-7-3-2-4-8-13/h2-9,17H,10-11H2,1H3. The minimum absolute atomic E-state index is 0.781. The van der Waals surface area contributed by atoms with Crippen LogP contribution in [0.5, 0.6) is 0 Å². The smallest absolute Gasteiger partial charge is 0.197 e. The Morgan fingerprint density at radius 2 is 1.89 bits per heavy atom. The van der Waals surface area contributed by atoms with Crippen molar-refractivity contribution in [3.05, 3.63) is 60.0 Å². The van der Waals surface area contributed by atoms with Gasteiger partial charge in [0.2, 0.25) is 0 Å². The number of hydrogen-bond acceptors (Lipinski definition) is 3. The highest BCUT2D eigenvalue weighted by Gasteiger charge is 2.06. The van der Waals surface area contributed by atoms with Gasteiger partial charge in [-0.1, -0.05) is 30.3 Å². The van der Waals surface area contributed by atoms with E-state index in [0.29, 0.717) is 0 Å². The third-order valence-corrected chi connectivity index (χ3v) is 3.10. The molecule has 0 aliphatic carbocycles. The van der Waals surface area contributed by atoms with Crippen molar-refractivity contribution in [2.75, 3.05) is 11.9 Å². The van der Waals surface area contributed by atoms with E-state index in [0.717, 1.165) is 41.2 Å². The Kier molecular flexibility index (Phi) is 3.19. The molecule has 3 nitrogen and oxygen atoms in total. The van der Waals surface area contributed by atoms with E-state index in [4.69, 9.17) is 4.42 Å². The summed E-state index contributed by atoms with van der Waals surface area (Å²) < 4.78 is 5.79. The molecule has 1 heterocycles. The van der Waals surface area contributed by atoms with Gasteiger partial charge < -0.3 is 9.73 Å². The van der Waals surface area contributed by atoms with E-state index in [1.54, 1.807) is 0 Å². The van der Waals surface area contributed by atoms with Crippen molar-refractivity contribution in [1.29, 1.82) is 0 Å². The summed E-state index contributed by atoms with van der Waals surface area (Å²) in [5.74, 6) is 0.785. The molecule has 0 saturated heterocycles. The summed E-state index contributed by atoms with van der Waals surface area (Å²) in [5.41, 5.74) is 4.09. The van der Waals surface area contributed by atoms with Gasteiger partial charge in [-0.15, -0.1) is 0 Å². The molecule has 0 radical (unpaired) electrons. The highest BCUT2D eigenvalue weighted by Crippen LogP contribution is 2.19. The van der Waals surface area contributed by atoms with Crippen LogP contribution in [0.2, 0.25) is 0 Å². The predicted octanol–water partition coefficient (Wildman–Crippen LogP) is 3.79. The monoisotopic (exact) mass is 252 g/mol. The number of aromatic nitrogens is 1. The number of aryl methyl sites for hydroxylation is 1. The Morgan fingerprint density at radius 1 is 1.05 bits per heavy atom. The molecule has 0 atom stereocenters. The molecule has 0 amide bonds. The normalized spacial score (nSPS) is 10.8. The molecule has 96 valence electrons. The number of rotatable bonds is 4. The van der Waals surface area contributed by atoms with Crippen molar-refractivity contribution >= 4 is 16.8 Å². The molecule has 19 heavy (non-hydrogen) atoms. The van der Waals surface area contributed by atoms with Gasteiger partial charge in [-0.05, 0) is 30.7 Å². The number of benzene rings is 2. The van der Waals surface area contributed by atoms with E-state index in [-0.39, 0.29) is 0 Å². The first-order valence-corrected chi connectivity index (χ1v) is 6.47. The summed E-state index contributed by atoms with van der Waals surface area (Å²) in [6.45, 7) is 2.86. The van der Waals surface area contributed by atoms with Gasteiger partial charge >= 0.3 is 0 Å². The van der Waals surface area contributed by atoms with Crippen LogP contribution in [0.3, 0.4) is 0 Å². The lowest BCUT2D eigenvalue weighted by Gasteiger charge is -2.03. The van der Waals surface area contributed by atoms with Crippen LogP contribution < -0.4 is 5.32 Å². The van der Waals surface area contributed by atoms with Crippen LogP contribution >= 0.6 is 0 Å². The van der Waals surface area contributed by atoms with E-state index in [1.807, 2.05) is 43.3 Å². The minimum Gasteiger partial charge on any atom is -0.440 e. The lowest BCUT2D eigenvalue weighted by molar-refractivity contribution is 0.532. The zero-order valence-electron chi connectivity index (χ0n) is 10.9. The maximum Gasteiger partial charge on any atom is 0.197 e. The van der Waals surface area contributed by atoms with E-state index in [9.17, 15) is 0 Å². The van der Waals surface area contributed by atoms with Crippen molar-refractivity contribution in [3.63, 3.8) is 0 Å². The average Bonchev–Trinajstić information content (AvgIpc) is 2.84. The van der Waals surface area contributed by atoms with Gasteiger partial charge in [0.25, 0.3) is 0 Å². The molecule has 0 spiro atoms. The Bertz CT molecular complexity index is 674. The van der Waals surface area contributed by atoms with Gasteiger partial charge in [0.1, 0.15) is 5.52 Å². The number of hydrogen-bond donors (Lipinski definition) is 1. The van der Waals surface area contributed by atoms with Gasteiger partial charge in [-0.2, -0.15) is 0 Å². The molecule has 2 aromatic carbocycles. The Morgan fingerprint density at radius 3 is 2.68 bits per heavy atom. The summed E-state index contributed by atoms with van der Waals surface area (Å²) in [7, 11) is 0. The van der Waals surface area contributed by atoms with Gasteiger partial charge in [0.15, 0.2) is 11.5 Å². The van der Waals surface area contributed by atoms with Crippen LogP contribution in [-0.4, -0.2) is 11.5 Å². The maximum atomic E-state index is 5.79. The SMILES string of the molecule is Cc1cccc2nc(CCNc3ccccc3)oc12. The zero-order chi connectivity index (χ0) is 13.1. The largest absolute Gasteiger partial charge is 0.440 e. The molecule has 1 aromatic heterocycles. The quantitative estimate of drug-likeness (QED) is 0.767. The fraction of sp³-hybridized carbons (Fsp3) is 0.188. The van der Waals surface area contributed by atoms with Crippen LogP contribution in [-0.2, 0) is 6.42 Å². The highest BCUT2D eigenvalue weighted by atomic mass is 16.3. The molecular formula is C16H16N2O. The fourth-order valence-electron chi connectivity index (χ4n) is 2.11. The summed E-state index contributed by atoms with van der Waals surface area (Å²) in [6.07, 6.45) is 0.781. The van der Waals surface area contributed by atoms with Crippen LogP contribution in [0, 0.1) is 6.92 Å². The molecule has 3 rings (SSSR count). The third-order valence-electron chi connectivity index (χ3n) is 3.10.